The van der Waals surface area contributed by atoms with E-state index in [1.54, 1.807) is 20.8 Å². The maximum Gasteiger partial charge on any atom is 0.319 e. The Hall–Kier alpha value is -1.87. The molecule has 1 aromatic rings. The highest BCUT2D eigenvalue weighted by atomic mass is 32.2. The summed E-state index contributed by atoms with van der Waals surface area (Å²) >= 11 is 1.16. The molecule has 0 bridgehead atoms. The van der Waals surface area contributed by atoms with Crippen LogP contribution in [0.3, 0.4) is 0 Å². The summed E-state index contributed by atoms with van der Waals surface area (Å²) in [7, 11) is 0. The van der Waals surface area contributed by atoms with Gasteiger partial charge in [-0.15, -0.1) is 0 Å². The molecule has 1 heterocycles. The summed E-state index contributed by atoms with van der Waals surface area (Å²) in [5.74, 6) is -0.488. The van der Waals surface area contributed by atoms with Crippen molar-refractivity contribution < 1.29 is 14.3 Å². The molecule has 0 saturated carbocycles. The molecular formula is C14H16N2O3S. The number of esters is 1. The molecule has 1 rings (SSSR count). The van der Waals surface area contributed by atoms with Crippen LogP contribution in [-0.4, -0.2) is 28.6 Å². The summed E-state index contributed by atoms with van der Waals surface area (Å²) in [4.78, 5) is 27.3. The average molecular weight is 292 g/mol. The first-order valence-corrected chi connectivity index (χ1v) is 7.04. The van der Waals surface area contributed by atoms with Crippen molar-refractivity contribution in [3.8, 4) is 6.07 Å². The van der Waals surface area contributed by atoms with E-state index >= 15 is 0 Å². The minimum absolute atomic E-state index is 0.138. The fraction of sp³-hybridized carbons (Fsp3) is 0.429. The minimum atomic E-state index is -0.461. The van der Waals surface area contributed by atoms with Crippen molar-refractivity contribution >= 4 is 23.5 Å². The molecule has 1 atom stereocenters. The van der Waals surface area contributed by atoms with E-state index in [0.29, 0.717) is 28.5 Å². The number of aryl methyl sites for hydroxylation is 1. The predicted octanol–water partition coefficient (Wildman–Crippen LogP) is 2.51. The van der Waals surface area contributed by atoms with Gasteiger partial charge in [0, 0.05) is 11.3 Å². The quantitative estimate of drug-likeness (QED) is 0.471. The van der Waals surface area contributed by atoms with Crippen LogP contribution in [0.15, 0.2) is 11.1 Å². The van der Waals surface area contributed by atoms with Crippen LogP contribution in [0, 0.1) is 18.3 Å². The van der Waals surface area contributed by atoms with E-state index in [4.69, 9.17) is 10.00 Å². The molecule has 0 aliphatic rings. The zero-order valence-electron chi connectivity index (χ0n) is 11.9. The summed E-state index contributed by atoms with van der Waals surface area (Å²) in [5.41, 5.74) is 1.27. The van der Waals surface area contributed by atoms with Crippen molar-refractivity contribution in [3.63, 3.8) is 0 Å². The Morgan fingerprint density at radius 3 is 2.70 bits per heavy atom. The van der Waals surface area contributed by atoms with E-state index in [1.807, 2.05) is 6.07 Å². The number of nitrogens with zero attached hydrogens (tertiary/aromatic N) is 2. The molecule has 1 aromatic heterocycles. The fourth-order valence-electron chi connectivity index (χ4n) is 1.58. The number of Topliss-reactive ketones (excluding diaryl/α,β-unsaturated/α-hetero) is 1. The summed E-state index contributed by atoms with van der Waals surface area (Å²) in [6.45, 7) is 6.88. The molecule has 1 unspecified atom stereocenters. The highest BCUT2D eigenvalue weighted by molar-refractivity contribution is 8.00. The summed E-state index contributed by atoms with van der Waals surface area (Å²) < 4.78 is 4.92. The van der Waals surface area contributed by atoms with Crippen LogP contribution in [0.5, 0.6) is 0 Å². The molecule has 0 amide bonds. The van der Waals surface area contributed by atoms with Crippen molar-refractivity contribution in [2.45, 2.75) is 38.0 Å². The third-order valence-electron chi connectivity index (χ3n) is 2.58. The number of ether oxygens (including phenoxy) is 1. The van der Waals surface area contributed by atoms with Crippen LogP contribution >= 0.6 is 11.8 Å². The van der Waals surface area contributed by atoms with Gasteiger partial charge in [-0.05, 0) is 33.8 Å². The average Bonchev–Trinajstić information content (AvgIpc) is 2.38. The normalized spacial score (nSPS) is 11.6. The van der Waals surface area contributed by atoms with E-state index in [-0.39, 0.29) is 11.8 Å². The van der Waals surface area contributed by atoms with Crippen molar-refractivity contribution in [1.29, 1.82) is 5.26 Å². The lowest BCUT2D eigenvalue weighted by molar-refractivity contribution is -0.142. The number of rotatable bonds is 5. The van der Waals surface area contributed by atoms with Gasteiger partial charge >= 0.3 is 5.97 Å². The van der Waals surface area contributed by atoms with Crippen LogP contribution in [0.1, 0.15) is 42.4 Å². The third-order valence-corrected chi connectivity index (χ3v) is 3.67. The molecule has 0 saturated heterocycles. The smallest absolute Gasteiger partial charge is 0.319 e. The first-order valence-electron chi connectivity index (χ1n) is 6.16. The zero-order valence-corrected chi connectivity index (χ0v) is 12.7. The Labute approximate surface area is 122 Å². The first-order chi connectivity index (χ1) is 9.40. The first kappa shape index (κ1) is 16.2. The number of hydrogen-bond acceptors (Lipinski definition) is 6. The second-order valence-corrected chi connectivity index (χ2v) is 5.48. The summed E-state index contributed by atoms with van der Waals surface area (Å²) in [6, 6.07) is 3.53. The van der Waals surface area contributed by atoms with E-state index in [9.17, 15) is 9.59 Å². The van der Waals surface area contributed by atoms with Gasteiger partial charge < -0.3 is 4.74 Å². The Bertz CT molecular complexity index is 579. The van der Waals surface area contributed by atoms with Crippen LogP contribution in [-0.2, 0) is 9.53 Å². The van der Waals surface area contributed by atoms with Crippen molar-refractivity contribution in [1.82, 2.24) is 4.98 Å². The van der Waals surface area contributed by atoms with Crippen LogP contribution < -0.4 is 0 Å². The molecule has 0 aromatic carbocycles. The van der Waals surface area contributed by atoms with Crippen molar-refractivity contribution in [2.75, 3.05) is 6.61 Å². The molecule has 5 nitrogen and oxygen atoms in total. The summed E-state index contributed by atoms with van der Waals surface area (Å²) in [5, 5.41) is 9.12. The van der Waals surface area contributed by atoms with Crippen LogP contribution in [0.25, 0.3) is 0 Å². The topological polar surface area (TPSA) is 80.0 Å². The van der Waals surface area contributed by atoms with Crippen molar-refractivity contribution in [3.05, 3.63) is 22.9 Å². The van der Waals surface area contributed by atoms with Gasteiger partial charge in [0.1, 0.15) is 16.3 Å². The second kappa shape index (κ2) is 7.06. The van der Waals surface area contributed by atoms with Gasteiger partial charge in [-0.2, -0.15) is 5.26 Å². The molecule has 0 fully saturated rings. The standard InChI is InChI=1S/C14H16N2O3S/c1-5-19-14(18)10(4)20-13-11(7-15)6-12(9(3)17)8(2)16-13/h6,10H,5H2,1-4H3. The molecule has 0 spiro atoms. The number of carbonyl (C=O) groups excluding carboxylic acids is 2. The molecular weight excluding hydrogens is 276 g/mol. The SMILES string of the molecule is CCOC(=O)C(C)Sc1nc(C)c(C(C)=O)cc1C#N. The van der Waals surface area contributed by atoms with E-state index in [0.717, 1.165) is 11.8 Å². The second-order valence-electron chi connectivity index (χ2n) is 4.15. The van der Waals surface area contributed by atoms with Crippen LogP contribution in [0.2, 0.25) is 0 Å². The molecule has 0 radical (unpaired) electrons. The Kier molecular flexibility index (Phi) is 5.71. The maximum atomic E-state index is 11.6. The van der Waals surface area contributed by atoms with Gasteiger partial charge in [0.05, 0.1) is 12.2 Å². The van der Waals surface area contributed by atoms with E-state index in [2.05, 4.69) is 4.98 Å². The zero-order chi connectivity index (χ0) is 15.3. The number of carbonyl (C=O) groups is 2. The van der Waals surface area contributed by atoms with Gasteiger partial charge in [0.2, 0.25) is 0 Å². The maximum absolute atomic E-state index is 11.6. The highest BCUT2D eigenvalue weighted by Crippen LogP contribution is 2.27. The largest absolute Gasteiger partial charge is 0.465 e. The van der Waals surface area contributed by atoms with Gasteiger partial charge in [0.15, 0.2) is 5.78 Å². The Morgan fingerprint density at radius 1 is 1.55 bits per heavy atom. The van der Waals surface area contributed by atoms with Gasteiger partial charge in [-0.25, -0.2) is 4.98 Å². The van der Waals surface area contributed by atoms with Gasteiger partial charge in [0.25, 0.3) is 0 Å². The summed E-state index contributed by atoms with van der Waals surface area (Å²) in [6.07, 6.45) is 0. The van der Waals surface area contributed by atoms with Gasteiger partial charge in [-0.3, -0.25) is 9.59 Å². The van der Waals surface area contributed by atoms with E-state index in [1.165, 1.54) is 13.0 Å². The van der Waals surface area contributed by atoms with Gasteiger partial charge in [-0.1, -0.05) is 11.8 Å². The number of pyridine rings is 1. The number of nitriles is 1. The molecule has 0 aliphatic heterocycles. The molecule has 20 heavy (non-hydrogen) atoms. The predicted molar refractivity (Wildman–Crippen MR) is 75.6 cm³/mol. The third kappa shape index (κ3) is 3.81. The van der Waals surface area contributed by atoms with Crippen LogP contribution in [0.4, 0.5) is 0 Å². The monoisotopic (exact) mass is 292 g/mol. The molecule has 6 heteroatoms. The highest BCUT2D eigenvalue weighted by Gasteiger charge is 2.20. The number of hydrogen-bond donors (Lipinski definition) is 0. The Morgan fingerprint density at radius 2 is 2.20 bits per heavy atom. The lowest BCUT2D eigenvalue weighted by Crippen LogP contribution is -2.17. The van der Waals surface area contributed by atoms with E-state index < -0.39 is 5.25 Å². The fourth-order valence-corrected chi connectivity index (χ4v) is 2.51. The lowest BCUT2D eigenvalue weighted by atomic mass is 10.1. The Balaban J connectivity index is 3.07. The molecule has 106 valence electrons. The van der Waals surface area contributed by atoms with Crippen molar-refractivity contribution in [2.24, 2.45) is 0 Å². The molecule has 0 aliphatic carbocycles. The number of ketones is 1. The molecule has 0 N–H and O–H groups in total. The minimum Gasteiger partial charge on any atom is -0.465 e. The lowest BCUT2D eigenvalue weighted by Gasteiger charge is -2.12. The number of thioether (sulfide) groups is 1. The number of aromatic nitrogens is 1.